The Balaban J connectivity index is 2.26. The summed E-state index contributed by atoms with van der Waals surface area (Å²) in [4.78, 5) is 1.39. The number of thioether (sulfide) groups is 1. The van der Waals surface area contributed by atoms with E-state index in [1.54, 1.807) is 0 Å². The van der Waals surface area contributed by atoms with Crippen LogP contribution in [-0.2, 0) is 0 Å². The standard InChI is InChI=1S/C15H25NS/c1-13(2)11-14(12-16-3)9-10-17-15-7-5-4-6-8-15/h4-8,13-14,16H,9-12H2,1-3H3. The molecule has 0 spiro atoms. The topological polar surface area (TPSA) is 12.0 Å². The second-order valence-electron chi connectivity index (χ2n) is 5.00. The highest BCUT2D eigenvalue weighted by molar-refractivity contribution is 7.99. The van der Waals surface area contributed by atoms with E-state index in [0.29, 0.717) is 0 Å². The maximum Gasteiger partial charge on any atom is 0.00719 e. The fourth-order valence-corrected chi connectivity index (χ4v) is 3.16. The van der Waals surface area contributed by atoms with Crippen LogP contribution in [0.5, 0.6) is 0 Å². The fraction of sp³-hybridized carbons (Fsp3) is 0.600. The fourth-order valence-electron chi connectivity index (χ4n) is 2.12. The van der Waals surface area contributed by atoms with E-state index in [1.165, 1.54) is 23.5 Å². The van der Waals surface area contributed by atoms with Crippen molar-refractivity contribution in [1.29, 1.82) is 0 Å². The summed E-state index contributed by atoms with van der Waals surface area (Å²) in [6, 6.07) is 10.7. The van der Waals surface area contributed by atoms with Gasteiger partial charge in [-0.15, -0.1) is 11.8 Å². The molecule has 0 amide bonds. The lowest BCUT2D eigenvalue weighted by atomic mass is 9.95. The molecule has 0 heterocycles. The molecule has 0 radical (unpaired) electrons. The summed E-state index contributed by atoms with van der Waals surface area (Å²) in [7, 11) is 2.05. The number of nitrogens with one attached hydrogen (secondary N) is 1. The molecule has 17 heavy (non-hydrogen) atoms. The van der Waals surface area contributed by atoms with E-state index in [4.69, 9.17) is 0 Å². The lowest BCUT2D eigenvalue weighted by Gasteiger charge is -2.18. The first kappa shape index (κ1) is 14.6. The second kappa shape index (κ2) is 8.60. The van der Waals surface area contributed by atoms with Gasteiger partial charge in [0.15, 0.2) is 0 Å². The Kier molecular flexibility index (Phi) is 7.38. The zero-order valence-electron chi connectivity index (χ0n) is 11.3. The van der Waals surface area contributed by atoms with Crippen LogP contribution >= 0.6 is 11.8 Å². The highest BCUT2D eigenvalue weighted by atomic mass is 32.2. The van der Waals surface area contributed by atoms with E-state index < -0.39 is 0 Å². The zero-order valence-corrected chi connectivity index (χ0v) is 12.1. The molecule has 0 aliphatic carbocycles. The lowest BCUT2D eigenvalue weighted by Crippen LogP contribution is -2.20. The number of hydrogen-bond acceptors (Lipinski definition) is 2. The lowest BCUT2D eigenvalue weighted by molar-refractivity contribution is 0.389. The van der Waals surface area contributed by atoms with E-state index >= 15 is 0 Å². The number of hydrogen-bond donors (Lipinski definition) is 1. The average molecular weight is 251 g/mol. The van der Waals surface area contributed by atoms with E-state index in [1.807, 2.05) is 11.8 Å². The van der Waals surface area contributed by atoms with Crippen molar-refractivity contribution in [3.05, 3.63) is 30.3 Å². The van der Waals surface area contributed by atoms with Crippen molar-refractivity contribution in [2.45, 2.75) is 31.6 Å². The molecule has 0 aliphatic heterocycles. The molecule has 2 heteroatoms. The van der Waals surface area contributed by atoms with Crippen LogP contribution in [0.1, 0.15) is 26.7 Å². The van der Waals surface area contributed by atoms with Crippen LogP contribution in [0.15, 0.2) is 35.2 Å². The van der Waals surface area contributed by atoms with Crippen LogP contribution in [0.4, 0.5) is 0 Å². The van der Waals surface area contributed by atoms with Gasteiger partial charge >= 0.3 is 0 Å². The SMILES string of the molecule is CNCC(CCSc1ccccc1)CC(C)C. The third kappa shape index (κ3) is 6.75. The van der Waals surface area contributed by atoms with Gasteiger partial charge in [-0.2, -0.15) is 0 Å². The van der Waals surface area contributed by atoms with Gasteiger partial charge in [-0.1, -0.05) is 32.0 Å². The van der Waals surface area contributed by atoms with Crippen molar-refractivity contribution < 1.29 is 0 Å². The molecule has 96 valence electrons. The van der Waals surface area contributed by atoms with Gasteiger partial charge in [0.25, 0.3) is 0 Å². The Morgan fingerprint density at radius 1 is 1.18 bits per heavy atom. The van der Waals surface area contributed by atoms with Gasteiger partial charge in [-0.25, -0.2) is 0 Å². The van der Waals surface area contributed by atoms with E-state index in [-0.39, 0.29) is 0 Å². The third-order valence-electron chi connectivity index (χ3n) is 2.84. The highest BCUT2D eigenvalue weighted by Gasteiger charge is 2.09. The molecule has 1 rings (SSSR count). The van der Waals surface area contributed by atoms with Crippen molar-refractivity contribution in [1.82, 2.24) is 5.32 Å². The molecule has 1 unspecified atom stereocenters. The molecule has 0 aliphatic rings. The Morgan fingerprint density at radius 2 is 1.88 bits per heavy atom. The second-order valence-corrected chi connectivity index (χ2v) is 6.17. The van der Waals surface area contributed by atoms with Crippen molar-refractivity contribution in [3.8, 4) is 0 Å². The molecular weight excluding hydrogens is 226 g/mol. The van der Waals surface area contributed by atoms with Crippen molar-refractivity contribution >= 4 is 11.8 Å². The first-order chi connectivity index (χ1) is 8.22. The van der Waals surface area contributed by atoms with Crippen LogP contribution in [0.25, 0.3) is 0 Å². The molecule has 1 N–H and O–H groups in total. The Morgan fingerprint density at radius 3 is 2.47 bits per heavy atom. The van der Waals surface area contributed by atoms with E-state index in [9.17, 15) is 0 Å². The van der Waals surface area contributed by atoms with Crippen LogP contribution in [0, 0.1) is 11.8 Å². The quantitative estimate of drug-likeness (QED) is 0.700. The predicted octanol–water partition coefficient (Wildman–Crippen LogP) is 4.05. The van der Waals surface area contributed by atoms with Crippen LogP contribution in [-0.4, -0.2) is 19.3 Å². The highest BCUT2D eigenvalue weighted by Crippen LogP contribution is 2.22. The number of rotatable bonds is 8. The van der Waals surface area contributed by atoms with Gasteiger partial charge in [0.1, 0.15) is 0 Å². The Bertz CT molecular complexity index is 284. The molecule has 0 bridgehead atoms. The minimum atomic E-state index is 0.801. The zero-order chi connectivity index (χ0) is 12.5. The maximum absolute atomic E-state index is 3.31. The molecule has 0 saturated heterocycles. The van der Waals surface area contributed by atoms with Gasteiger partial charge in [-0.05, 0) is 56.2 Å². The Labute approximate surface area is 110 Å². The maximum atomic E-state index is 3.31. The average Bonchev–Trinajstić information content (AvgIpc) is 2.30. The minimum absolute atomic E-state index is 0.801. The van der Waals surface area contributed by atoms with E-state index in [0.717, 1.165) is 18.4 Å². The molecular formula is C15H25NS. The third-order valence-corrected chi connectivity index (χ3v) is 3.88. The van der Waals surface area contributed by atoms with Gasteiger partial charge in [0.2, 0.25) is 0 Å². The first-order valence-corrected chi connectivity index (χ1v) is 7.53. The summed E-state index contributed by atoms with van der Waals surface area (Å²) >= 11 is 1.97. The summed E-state index contributed by atoms with van der Waals surface area (Å²) in [5, 5.41) is 3.31. The van der Waals surface area contributed by atoms with Crippen molar-refractivity contribution in [2.75, 3.05) is 19.3 Å². The molecule has 0 fully saturated rings. The van der Waals surface area contributed by atoms with Crippen LogP contribution in [0.3, 0.4) is 0 Å². The minimum Gasteiger partial charge on any atom is -0.319 e. The first-order valence-electron chi connectivity index (χ1n) is 6.54. The molecule has 0 aromatic heterocycles. The van der Waals surface area contributed by atoms with Crippen molar-refractivity contribution in [2.24, 2.45) is 11.8 Å². The van der Waals surface area contributed by atoms with Gasteiger partial charge in [-0.3, -0.25) is 0 Å². The monoisotopic (exact) mass is 251 g/mol. The smallest absolute Gasteiger partial charge is 0.00719 e. The van der Waals surface area contributed by atoms with Crippen LogP contribution < -0.4 is 5.32 Å². The normalized spacial score (nSPS) is 12.9. The summed E-state index contributed by atoms with van der Waals surface area (Å²) in [6.45, 7) is 5.77. The van der Waals surface area contributed by atoms with E-state index in [2.05, 4.69) is 56.5 Å². The summed E-state index contributed by atoms with van der Waals surface area (Å²) in [5.41, 5.74) is 0. The molecule has 1 aromatic carbocycles. The summed E-state index contributed by atoms with van der Waals surface area (Å²) in [6.07, 6.45) is 2.63. The summed E-state index contributed by atoms with van der Waals surface area (Å²) in [5.74, 6) is 2.84. The molecule has 1 aromatic rings. The van der Waals surface area contributed by atoms with Crippen LogP contribution in [0.2, 0.25) is 0 Å². The van der Waals surface area contributed by atoms with Gasteiger partial charge in [0.05, 0.1) is 0 Å². The predicted molar refractivity (Wildman–Crippen MR) is 78.7 cm³/mol. The molecule has 1 nitrogen and oxygen atoms in total. The summed E-state index contributed by atoms with van der Waals surface area (Å²) < 4.78 is 0. The van der Waals surface area contributed by atoms with Gasteiger partial charge in [0, 0.05) is 4.90 Å². The number of benzene rings is 1. The molecule has 0 saturated carbocycles. The largest absolute Gasteiger partial charge is 0.319 e. The molecule has 1 atom stereocenters. The van der Waals surface area contributed by atoms with Gasteiger partial charge < -0.3 is 5.32 Å². The van der Waals surface area contributed by atoms with Crippen molar-refractivity contribution in [3.63, 3.8) is 0 Å². The Hall–Kier alpha value is -0.470.